The van der Waals surface area contributed by atoms with Crippen molar-refractivity contribution in [1.29, 1.82) is 0 Å². The molecule has 218 valence electrons. The number of para-hydroxylation sites is 2. The number of nitrogens with zero attached hydrogens (tertiary/aromatic N) is 3. The molecule has 2 aliphatic heterocycles. The predicted molar refractivity (Wildman–Crippen MR) is 184 cm³/mol. The SMILES string of the molecule is CC1(C)C2=C(CCC=C2)N(C2=CCCC(N3CCc4ccc5c6ccccc6n(-c6ccccc6)c5c43)=C2)C2=C1CCC=C2. The van der Waals surface area contributed by atoms with Crippen LogP contribution in [0.2, 0.25) is 0 Å². The molecule has 3 heteroatoms. The zero-order chi connectivity index (χ0) is 29.4. The van der Waals surface area contributed by atoms with Crippen LogP contribution in [0, 0.1) is 5.41 Å². The molecule has 0 bridgehead atoms. The lowest BCUT2D eigenvalue weighted by molar-refractivity contribution is 0.399. The van der Waals surface area contributed by atoms with Gasteiger partial charge in [-0.25, -0.2) is 0 Å². The van der Waals surface area contributed by atoms with Crippen LogP contribution in [0.15, 0.2) is 137 Å². The summed E-state index contributed by atoms with van der Waals surface area (Å²) in [6.45, 7) is 5.92. The molecule has 0 saturated carbocycles. The lowest BCUT2D eigenvalue weighted by Gasteiger charge is -2.47. The summed E-state index contributed by atoms with van der Waals surface area (Å²) in [7, 11) is 0. The van der Waals surface area contributed by atoms with Crippen molar-refractivity contribution >= 4 is 27.5 Å². The molecule has 9 rings (SSSR count). The second kappa shape index (κ2) is 9.75. The summed E-state index contributed by atoms with van der Waals surface area (Å²) in [4.78, 5) is 5.31. The molecule has 5 aliphatic rings. The summed E-state index contributed by atoms with van der Waals surface area (Å²) in [5.41, 5.74) is 15.6. The average molecular weight is 574 g/mol. The van der Waals surface area contributed by atoms with Crippen LogP contribution in [0.1, 0.15) is 57.9 Å². The third kappa shape index (κ3) is 3.68. The summed E-state index contributed by atoms with van der Waals surface area (Å²) in [6.07, 6.45) is 22.3. The molecule has 0 unspecified atom stereocenters. The van der Waals surface area contributed by atoms with E-state index in [4.69, 9.17) is 0 Å². The fourth-order valence-corrected chi connectivity index (χ4v) is 8.65. The maximum atomic E-state index is 2.67. The van der Waals surface area contributed by atoms with Crippen LogP contribution >= 0.6 is 0 Å². The Balaban J connectivity index is 1.21. The van der Waals surface area contributed by atoms with Crippen molar-refractivity contribution < 1.29 is 0 Å². The maximum Gasteiger partial charge on any atom is 0.0781 e. The van der Waals surface area contributed by atoms with Crippen molar-refractivity contribution in [3.8, 4) is 5.69 Å². The molecule has 44 heavy (non-hydrogen) atoms. The van der Waals surface area contributed by atoms with E-state index in [2.05, 4.69) is 131 Å². The van der Waals surface area contributed by atoms with E-state index in [1.54, 1.807) is 5.57 Å². The summed E-state index contributed by atoms with van der Waals surface area (Å²) < 4.78 is 2.50. The molecule has 0 saturated heterocycles. The first-order chi connectivity index (χ1) is 21.6. The van der Waals surface area contributed by atoms with Gasteiger partial charge in [0, 0.05) is 51.2 Å². The van der Waals surface area contributed by atoms with Gasteiger partial charge in [-0.1, -0.05) is 86.7 Å². The number of rotatable bonds is 3. The molecular formula is C41H39N3. The third-order valence-electron chi connectivity index (χ3n) is 10.7. The fourth-order valence-electron chi connectivity index (χ4n) is 8.65. The highest BCUT2D eigenvalue weighted by molar-refractivity contribution is 6.14. The first-order valence-corrected chi connectivity index (χ1v) is 16.5. The first-order valence-electron chi connectivity index (χ1n) is 16.5. The summed E-state index contributed by atoms with van der Waals surface area (Å²) in [5, 5.41) is 2.66. The molecule has 0 fully saturated rings. The van der Waals surface area contributed by atoms with Crippen LogP contribution in [0.3, 0.4) is 0 Å². The molecule has 0 amide bonds. The molecule has 3 heterocycles. The van der Waals surface area contributed by atoms with Gasteiger partial charge < -0.3 is 14.4 Å². The molecule has 0 atom stereocenters. The Labute approximate surface area is 260 Å². The Morgan fingerprint density at radius 3 is 2.45 bits per heavy atom. The van der Waals surface area contributed by atoms with Gasteiger partial charge >= 0.3 is 0 Å². The van der Waals surface area contributed by atoms with E-state index in [-0.39, 0.29) is 5.41 Å². The number of fused-ring (bicyclic) bond motifs is 5. The van der Waals surface area contributed by atoms with E-state index >= 15 is 0 Å². The first kappa shape index (κ1) is 25.9. The predicted octanol–water partition coefficient (Wildman–Crippen LogP) is 10.3. The fraction of sp³-hybridized carbons (Fsp3) is 0.268. The van der Waals surface area contributed by atoms with Gasteiger partial charge in [0.2, 0.25) is 0 Å². The number of hydrogen-bond acceptors (Lipinski definition) is 2. The van der Waals surface area contributed by atoms with Gasteiger partial charge in [-0.15, -0.1) is 0 Å². The second-order valence-corrected chi connectivity index (χ2v) is 13.4. The molecular weight excluding hydrogens is 534 g/mol. The average Bonchev–Trinajstić information content (AvgIpc) is 3.65. The smallest absolute Gasteiger partial charge is 0.0781 e. The van der Waals surface area contributed by atoms with Crippen LogP contribution in [0.4, 0.5) is 5.69 Å². The summed E-state index contributed by atoms with van der Waals surface area (Å²) in [6, 6.07) is 24.6. The van der Waals surface area contributed by atoms with Crippen molar-refractivity contribution in [2.45, 2.75) is 58.8 Å². The molecule has 0 spiro atoms. The van der Waals surface area contributed by atoms with Crippen molar-refractivity contribution in [2.75, 3.05) is 11.4 Å². The van der Waals surface area contributed by atoms with Gasteiger partial charge in [0.25, 0.3) is 0 Å². The van der Waals surface area contributed by atoms with Crippen LogP contribution in [0.25, 0.3) is 27.5 Å². The van der Waals surface area contributed by atoms with Crippen LogP contribution in [-0.4, -0.2) is 16.0 Å². The van der Waals surface area contributed by atoms with E-state index in [1.807, 2.05) is 0 Å². The Morgan fingerprint density at radius 2 is 1.55 bits per heavy atom. The lowest BCUT2D eigenvalue weighted by atomic mass is 9.68. The maximum absolute atomic E-state index is 2.67. The third-order valence-corrected chi connectivity index (χ3v) is 10.7. The number of anilines is 1. The van der Waals surface area contributed by atoms with E-state index in [9.17, 15) is 0 Å². The van der Waals surface area contributed by atoms with E-state index in [1.165, 1.54) is 67.1 Å². The van der Waals surface area contributed by atoms with E-state index < -0.39 is 0 Å². The Bertz CT molecular complexity index is 2040. The lowest BCUT2D eigenvalue weighted by Crippen LogP contribution is -2.36. The van der Waals surface area contributed by atoms with Crippen molar-refractivity contribution in [1.82, 2.24) is 9.47 Å². The highest BCUT2D eigenvalue weighted by atomic mass is 15.2. The zero-order valence-corrected chi connectivity index (χ0v) is 25.8. The topological polar surface area (TPSA) is 11.4 Å². The van der Waals surface area contributed by atoms with E-state index in [0.717, 1.165) is 51.5 Å². The molecule has 0 N–H and O–H groups in total. The monoisotopic (exact) mass is 573 g/mol. The molecule has 1 aromatic heterocycles. The highest BCUT2D eigenvalue weighted by Gasteiger charge is 2.40. The molecule has 0 radical (unpaired) electrons. The normalized spacial score (nSPS) is 20.7. The molecule has 3 nitrogen and oxygen atoms in total. The second-order valence-electron chi connectivity index (χ2n) is 13.4. The van der Waals surface area contributed by atoms with Crippen molar-refractivity contribution in [3.63, 3.8) is 0 Å². The van der Waals surface area contributed by atoms with Gasteiger partial charge in [-0.3, -0.25) is 0 Å². The molecule has 3 aliphatic carbocycles. The number of benzene rings is 3. The van der Waals surface area contributed by atoms with Crippen LogP contribution < -0.4 is 4.90 Å². The van der Waals surface area contributed by atoms with Gasteiger partial charge in [-0.05, 0) is 92.0 Å². The Morgan fingerprint density at radius 1 is 0.727 bits per heavy atom. The van der Waals surface area contributed by atoms with Gasteiger partial charge in [0.15, 0.2) is 0 Å². The minimum absolute atomic E-state index is 0.0783. The number of aromatic nitrogens is 1. The van der Waals surface area contributed by atoms with Gasteiger partial charge in [0.1, 0.15) is 0 Å². The van der Waals surface area contributed by atoms with Crippen molar-refractivity contribution in [3.05, 3.63) is 143 Å². The van der Waals surface area contributed by atoms with Crippen molar-refractivity contribution in [2.24, 2.45) is 5.41 Å². The Hall–Kier alpha value is -4.50. The minimum atomic E-state index is 0.0783. The Kier molecular flexibility index (Phi) is 5.75. The number of allylic oxidation sites excluding steroid dienone is 10. The summed E-state index contributed by atoms with van der Waals surface area (Å²) >= 11 is 0. The standard InChI is InChI=1S/C41H39N3/c1-41(2)34-18-7-10-21-37(34)43(38-22-11-8-19-35(38)41)31-16-12-15-30(27-31)42-26-25-28-23-24-33-32-17-6-9-20-36(32)44(40(33)39(28)42)29-13-4-3-5-14-29/h3-7,9,11,13-14,16-18,20,22-24,27H,8,10,12,15,19,21,25-26H2,1-2H3. The summed E-state index contributed by atoms with van der Waals surface area (Å²) in [5.74, 6) is 0. The largest absolute Gasteiger partial charge is 0.343 e. The quantitative estimate of drug-likeness (QED) is 0.242. The van der Waals surface area contributed by atoms with Gasteiger partial charge in [-0.2, -0.15) is 0 Å². The molecule has 4 aromatic rings. The van der Waals surface area contributed by atoms with Gasteiger partial charge in [0.05, 0.1) is 16.7 Å². The number of hydrogen-bond donors (Lipinski definition) is 0. The molecule has 3 aromatic carbocycles. The van der Waals surface area contributed by atoms with Crippen LogP contribution in [-0.2, 0) is 6.42 Å². The minimum Gasteiger partial charge on any atom is -0.343 e. The van der Waals surface area contributed by atoms with Crippen LogP contribution in [0.5, 0.6) is 0 Å². The zero-order valence-electron chi connectivity index (χ0n) is 25.8. The highest BCUT2D eigenvalue weighted by Crippen LogP contribution is 2.52. The van der Waals surface area contributed by atoms with E-state index in [0.29, 0.717) is 0 Å².